The van der Waals surface area contributed by atoms with Crippen LogP contribution in [0.2, 0.25) is 0 Å². The highest BCUT2D eigenvalue weighted by molar-refractivity contribution is 6.02. The number of anilines is 3. The summed E-state index contributed by atoms with van der Waals surface area (Å²) >= 11 is 0. The average Bonchev–Trinajstić information content (AvgIpc) is 3.40. The number of carbonyl (C=O) groups excluding carboxylic acids is 1. The molecular formula is C25H24FN7O. The topological polar surface area (TPSA) is 125 Å². The lowest BCUT2D eigenvalue weighted by Crippen LogP contribution is -2.16. The summed E-state index contributed by atoms with van der Waals surface area (Å²) in [5.74, 6) is -0.641. The molecule has 172 valence electrons. The molecule has 1 fully saturated rings. The van der Waals surface area contributed by atoms with Crippen LogP contribution in [-0.2, 0) is 11.8 Å². The summed E-state index contributed by atoms with van der Waals surface area (Å²) in [7, 11) is 1.91. The van der Waals surface area contributed by atoms with E-state index in [0.717, 1.165) is 11.3 Å². The second kappa shape index (κ2) is 7.95. The smallest absolute Gasteiger partial charge is 0.233 e. The van der Waals surface area contributed by atoms with E-state index in [9.17, 15) is 4.79 Å². The quantitative estimate of drug-likeness (QED) is 0.315. The Kier molecular flexibility index (Phi) is 5.04. The monoisotopic (exact) mass is 457 g/mol. The number of benzene rings is 1. The number of nitrogens with zero attached hydrogens (tertiary/aromatic N) is 4. The molecule has 2 atom stereocenters. The highest BCUT2D eigenvalue weighted by atomic mass is 19.1. The predicted molar refractivity (Wildman–Crippen MR) is 130 cm³/mol. The Hall–Kier alpha value is -4.27. The standard InChI is InChI=1S/C25H24FN7O/c1-4-14-21(19-10-30-11-33(19)3)22(14)25(34)32-20-6-13-5-15(16-7-29-9-18(27)12(16)2)23(26)24(28)17(13)8-31-20/h4-11,21-22H,27-28H2,1-3H3,(H,31,32,34)/b14-4+/t21-,22+/m1/s1. The molecule has 1 amide bonds. The van der Waals surface area contributed by atoms with Crippen molar-refractivity contribution in [3.63, 3.8) is 0 Å². The third-order valence-corrected chi connectivity index (χ3v) is 6.53. The van der Waals surface area contributed by atoms with Gasteiger partial charge in [-0.15, -0.1) is 0 Å². The lowest BCUT2D eigenvalue weighted by molar-refractivity contribution is -0.117. The summed E-state index contributed by atoms with van der Waals surface area (Å²) < 4.78 is 17.1. The van der Waals surface area contributed by atoms with E-state index < -0.39 is 5.82 Å². The van der Waals surface area contributed by atoms with Crippen molar-refractivity contribution in [3.8, 4) is 11.1 Å². The van der Waals surface area contributed by atoms with Crippen LogP contribution in [0.25, 0.3) is 21.9 Å². The van der Waals surface area contributed by atoms with Crippen LogP contribution in [0.1, 0.15) is 24.1 Å². The number of fused-ring (bicyclic) bond motifs is 1. The number of allylic oxidation sites excluding steroid dienone is 1. The van der Waals surface area contributed by atoms with Gasteiger partial charge in [-0.25, -0.2) is 14.4 Å². The van der Waals surface area contributed by atoms with E-state index in [4.69, 9.17) is 11.5 Å². The first-order valence-electron chi connectivity index (χ1n) is 10.8. The van der Waals surface area contributed by atoms with Crippen LogP contribution in [0.3, 0.4) is 0 Å². The van der Waals surface area contributed by atoms with Crippen molar-refractivity contribution >= 4 is 33.9 Å². The zero-order valence-electron chi connectivity index (χ0n) is 19.0. The Balaban J connectivity index is 1.48. The van der Waals surface area contributed by atoms with Gasteiger partial charge in [-0.2, -0.15) is 0 Å². The number of hydrogen-bond donors (Lipinski definition) is 3. The highest BCUT2D eigenvalue weighted by Gasteiger charge is 2.51. The number of nitrogen functional groups attached to an aromatic ring is 2. The first-order valence-corrected chi connectivity index (χ1v) is 10.8. The molecule has 3 aromatic heterocycles. The Bertz CT molecular complexity index is 1490. The number of hydrogen-bond acceptors (Lipinski definition) is 6. The van der Waals surface area contributed by atoms with E-state index in [0.29, 0.717) is 39.0 Å². The zero-order valence-corrected chi connectivity index (χ0v) is 19.0. The van der Waals surface area contributed by atoms with Crippen LogP contribution in [-0.4, -0.2) is 25.4 Å². The van der Waals surface area contributed by atoms with E-state index >= 15 is 4.39 Å². The lowest BCUT2D eigenvalue weighted by atomic mass is 9.97. The van der Waals surface area contributed by atoms with Gasteiger partial charge in [0, 0.05) is 53.8 Å². The first kappa shape index (κ1) is 21.6. The lowest BCUT2D eigenvalue weighted by Gasteiger charge is -2.13. The molecule has 5 rings (SSSR count). The minimum absolute atomic E-state index is 0.00619. The number of nitrogens with two attached hydrogens (primary N) is 2. The SMILES string of the molecule is C/C=C1\[C@H](c2cncn2C)[C@H]1C(=O)Nc1cc2cc(-c3cncc(N)c3C)c(F)c(N)c2cn1. The van der Waals surface area contributed by atoms with Gasteiger partial charge in [0.2, 0.25) is 5.91 Å². The van der Waals surface area contributed by atoms with Gasteiger partial charge in [0.05, 0.1) is 29.8 Å². The molecule has 0 radical (unpaired) electrons. The van der Waals surface area contributed by atoms with E-state index in [2.05, 4.69) is 20.3 Å². The Labute approximate surface area is 195 Å². The maximum atomic E-state index is 15.1. The van der Waals surface area contributed by atoms with Gasteiger partial charge in [-0.05, 0) is 36.9 Å². The number of rotatable bonds is 4. The van der Waals surface area contributed by atoms with E-state index in [-0.39, 0.29) is 23.4 Å². The van der Waals surface area contributed by atoms with Gasteiger partial charge in [-0.1, -0.05) is 11.6 Å². The summed E-state index contributed by atoms with van der Waals surface area (Å²) in [6.07, 6.45) is 10.0. The molecule has 34 heavy (non-hydrogen) atoms. The van der Waals surface area contributed by atoms with Crippen molar-refractivity contribution in [3.05, 3.63) is 72.0 Å². The van der Waals surface area contributed by atoms with Crippen LogP contribution in [0, 0.1) is 18.7 Å². The number of imidazole rings is 1. The fourth-order valence-corrected chi connectivity index (χ4v) is 4.53. The summed E-state index contributed by atoms with van der Waals surface area (Å²) in [5, 5.41) is 4.00. The molecule has 0 spiro atoms. The number of aryl methyl sites for hydroxylation is 1. The molecule has 1 aromatic carbocycles. The third-order valence-electron chi connectivity index (χ3n) is 6.53. The minimum Gasteiger partial charge on any atom is -0.397 e. The van der Waals surface area contributed by atoms with Crippen LogP contribution in [0.5, 0.6) is 0 Å². The molecule has 3 heterocycles. The second-order valence-electron chi connectivity index (χ2n) is 8.51. The number of amides is 1. The number of halogens is 1. The molecule has 8 nitrogen and oxygen atoms in total. The van der Waals surface area contributed by atoms with Crippen molar-refractivity contribution in [1.29, 1.82) is 0 Å². The van der Waals surface area contributed by atoms with Gasteiger partial charge >= 0.3 is 0 Å². The first-order chi connectivity index (χ1) is 16.3. The zero-order chi connectivity index (χ0) is 24.1. The molecule has 0 bridgehead atoms. The molecule has 1 aliphatic rings. The normalized spacial score (nSPS) is 18.4. The maximum Gasteiger partial charge on any atom is 0.233 e. The molecule has 1 aliphatic carbocycles. The number of nitrogens with one attached hydrogen (secondary N) is 1. The van der Waals surface area contributed by atoms with E-state index in [1.54, 1.807) is 37.8 Å². The Morgan fingerprint density at radius 2 is 1.94 bits per heavy atom. The molecule has 0 unspecified atom stereocenters. The Morgan fingerprint density at radius 1 is 1.15 bits per heavy atom. The Morgan fingerprint density at radius 3 is 2.65 bits per heavy atom. The molecule has 9 heteroatoms. The van der Waals surface area contributed by atoms with Crippen LogP contribution in [0.4, 0.5) is 21.6 Å². The van der Waals surface area contributed by atoms with Gasteiger partial charge in [0.25, 0.3) is 0 Å². The van der Waals surface area contributed by atoms with Crippen molar-refractivity contribution < 1.29 is 9.18 Å². The summed E-state index contributed by atoms with van der Waals surface area (Å²) in [6, 6.07) is 3.37. The minimum atomic E-state index is -0.559. The summed E-state index contributed by atoms with van der Waals surface area (Å²) in [5.41, 5.74) is 16.1. The van der Waals surface area contributed by atoms with Gasteiger partial charge in [-0.3, -0.25) is 9.78 Å². The number of carbonyl (C=O) groups is 1. The third kappa shape index (κ3) is 3.37. The van der Waals surface area contributed by atoms with E-state index in [1.165, 1.54) is 12.4 Å². The molecule has 5 N–H and O–H groups in total. The summed E-state index contributed by atoms with van der Waals surface area (Å²) in [4.78, 5) is 25.6. The van der Waals surface area contributed by atoms with Crippen molar-refractivity contribution in [2.45, 2.75) is 19.8 Å². The highest BCUT2D eigenvalue weighted by Crippen LogP contribution is 2.53. The molecule has 0 saturated heterocycles. The van der Waals surface area contributed by atoms with Crippen LogP contribution >= 0.6 is 0 Å². The van der Waals surface area contributed by atoms with E-state index in [1.807, 2.05) is 24.6 Å². The fourth-order valence-electron chi connectivity index (χ4n) is 4.53. The largest absolute Gasteiger partial charge is 0.397 e. The van der Waals surface area contributed by atoms with Gasteiger partial charge in [0.15, 0.2) is 5.82 Å². The van der Waals surface area contributed by atoms with Crippen molar-refractivity contribution in [2.75, 3.05) is 16.8 Å². The van der Waals surface area contributed by atoms with Crippen molar-refractivity contribution in [1.82, 2.24) is 19.5 Å². The average molecular weight is 458 g/mol. The van der Waals surface area contributed by atoms with Crippen LogP contribution < -0.4 is 16.8 Å². The van der Waals surface area contributed by atoms with Crippen LogP contribution in [0.15, 0.2) is 54.9 Å². The number of pyridine rings is 2. The molecular weight excluding hydrogens is 433 g/mol. The van der Waals surface area contributed by atoms with Crippen molar-refractivity contribution in [2.24, 2.45) is 13.0 Å². The summed E-state index contributed by atoms with van der Waals surface area (Å²) in [6.45, 7) is 3.73. The molecule has 1 saturated carbocycles. The fraction of sp³-hybridized carbons (Fsp3) is 0.200. The maximum absolute atomic E-state index is 15.1. The molecule has 0 aliphatic heterocycles. The van der Waals surface area contributed by atoms with Gasteiger partial charge in [0.1, 0.15) is 5.82 Å². The second-order valence-corrected chi connectivity index (χ2v) is 8.51. The number of aromatic nitrogens is 4. The van der Waals surface area contributed by atoms with Gasteiger partial charge < -0.3 is 21.4 Å². The predicted octanol–water partition coefficient (Wildman–Crippen LogP) is 3.94. The molecule has 4 aromatic rings.